The highest BCUT2D eigenvalue weighted by Gasteiger charge is 2.59. The van der Waals surface area contributed by atoms with Gasteiger partial charge in [-0.1, -0.05) is 23.8 Å². The molecule has 4 rings (SSSR count). The van der Waals surface area contributed by atoms with Crippen LogP contribution in [0.4, 0.5) is 10.1 Å². The molecule has 124 valence electrons. The van der Waals surface area contributed by atoms with E-state index in [1.165, 1.54) is 12.1 Å². The molecule has 1 N–H and O–H groups in total. The number of allylic oxidation sites excluding steroid dienone is 2. The molecule has 1 aromatic carbocycles. The van der Waals surface area contributed by atoms with Gasteiger partial charge >= 0.3 is 0 Å². The topological polar surface area (TPSA) is 66.5 Å². The molecular formula is C17H14ClFN2O3. The van der Waals surface area contributed by atoms with E-state index in [-0.39, 0.29) is 52.7 Å². The number of hydrogen-bond acceptors (Lipinski definition) is 3. The second-order valence-corrected chi connectivity index (χ2v) is 6.84. The first kappa shape index (κ1) is 15.3. The number of nitrogens with one attached hydrogen (secondary N) is 1. The quantitative estimate of drug-likeness (QED) is 0.673. The van der Waals surface area contributed by atoms with Crippen molar-refractivity contribution in [1.29, 1.82) is 0 Å². The molecule has 3 amide bonds. The highest BCUT2D eigenvalue weighted by atomic mass is 35.5. The summed E-state index contributed by atoms with van der Waals surface area (Å²) in [5.74, 6) is -2.04. The third-order valence-corrected chi connectivity index (χ3v) is 5.38. The van der Waals surface area contributed by atoms with Crippen LogP contribution in [-0.4, -0.2) is 29.2 Å². The van der Waals surface area contributed by atoms with Gasteiger partial charge in [0.1, 0.15) is 12.4 Å². The van der Waals surface area contributed by atoms with Gasteiger partial charge in [0.2, 0.25) is 17.7 Å². The Kier molecular flexibility index (Phi) is 3.46. The number of rotatable bonds is 3. The lowest BCUT2D eigenvalue weighted by molar-refractivity contribution is -0.143. The largest absolute Gasteiger partial charge is 0.323 e. The van der Waals surface area contributed by atoms with Crippen molar-refractivity contribution < 1.29 is 18.8 Å². The monoisotopic (exact) mass is 348 g/mol. The minimum Gasteiger partial charge on any atom is -0.323 e. The number of carbonyl (C=O) groups excluding carboxylic acids is 3. The Bertz CT molecular complexity index is 764. The summed E-state index contributed by atoms with van der Waals surface area (Å²) in [6.07, 6.45) is 4.84. The molecule has 0 aromatic heterocycles. The van der Waals surface area contributed by atoms with E-state index in [0.29, 0.717) is 0 Å². The molecular weight excluding hydrogens is 335 g/mol. The predicted octanol–water partition coefficient (Wildman–Crippen LogP) is 2.22. The van der Waals surface area contributed by atoms with Crippen LogP contribution in [0.1, 0.15) is 6.42 Å². The molecule has 0 spiro atoms. The number of carbonyl (C=O) groups is 3. The third kappa shape index (κ3) is 2.24. The lowest BCUT2D eigenvalue weighted by atomic mass is 9.85. The normalized spacial score (nSPS) is 30.2. The number of amides is 3. The number of fused-ring (bicyclic) bond motifs is 5. The van der Waals surface area contributed by atoms with Crippen LogP contribution in [0.5, 0.6) is 0 Å². The Morgan fingerprint density at radius 3 is 2.42 bits per heavy atom. The zero-order chi connectivity index (χ0) is 17.0. The van der Waals surface area contributed by atoms with Gasteiger partial charge in [-0.25, -0.2) is 4.39 Å². The molecule has 0 radical (unpaired) electrons. The van der Waals surface area contributed by atoms with Gasteiger partial charge < -0.3 is 5.32 Å². The summed E-state index contributed by atoms with van der Waals surface area (Å²) in [4.78, 5) is 38.2. The maximum absolute atomic E-state index is 13.0. The van der Waals surface area contributed by atoms with Crippen molar-refractivity contribution in [1.82, 2.24) is 4.90 Å². The molecule has 1 aliphatic heterocycles. The van der Waals surface area contributed by atoms with Crippen molar-refractivity contribution in [2.24, 2.45) is 23.7 Å². The molecule has 2 bridgehead atoms. The average Bonchev–Trinajstić information content (AvgIpc) is 3.20. The minimum atomic E-state index is -0.537. The van der Waals surface area contributed by atoms with Crippen molar-refractivity contribution in [3.8, 4) is 0 Å². The van der Waals surface area contributed by atoms with Crippen LogP contribution in [0.3, 0.4) is 0 Å². The van der Waals surface area contributed by atoms with E-state index in [0.717, 1.165) is 17.4 Å². The summed E-state index contributed by atoms with van der Waals surface area (Å²) in [5.41, 5.74) is 0.240. The van der Waals surface area contributed by atoms with Gasteiger partial charge in [0.05, 0.1) is 22.5 Å². The maximum Gasteiger partial charge on any atom is 0.244 e. The Hall–Kier alpha value is -2.21. The van der Waals surface area contributed by atoms with Crippen LogP contribution in [0.15, 0.2) is 30.4 Å². The summed E-state index contributed by atoms with van der Waals surface area (Å²) in [7, 11) is 0. The zero-order valence-electron chi connectivity index (χ0n) is 12.5. The average molecular weight is 349 g/mol. The van der Waals surface area contributed by atoms with Gasteiger partial charge in [-0.2, -0.15) is 0 Å². The predicted molar refractivity (Wildman–Crippen MR) is 84.5 cm³/mol. The summed E-state index contributed by atoms with van der Waals surface area (Å²) >= 11 is 5.86. The minimum absolute atomic E-state index is 0.0570. The van der Waals surface area contributed by atoms with E-state index >= 15 is 0 Å². The fourth-order valence-corrected chi connectivity index (χ4v) is 4.26. The summed E-state index contributed by atoms with van der Waals surface area (Å²) in [6.45, 7) is -0.349. The van der Waals surface area contributed by atoms with Crippen LogP contribution >= 0.6 is 11.6 Å². The number of imide groups is 1. The first-order valence-corrected chi connectivity index (χ1v) is 8.12. The number of halogens is 2. The molecule has 5 nitrogen and oxygen atoms in total. The third-order valence-electron chi connectivity index (χ3n) is 5.07. The van der Waals surface area contributed by atoms with Crippen molar-refractivity contribution in [2.45, 2.75) is 6.42 Å². The van der Waals surface area contributed by atoms with E-state index in [1.807, 2.05) is 12.2 Å². The second-order valence-electron chi connectivity index (χ2n) is 6.43. The van der Waals surface area contributed by atoms with Crippen LogP contribution in [0.25, 0.3) is 0 Å². The van der Waals surface area contributed by atoms with Gasteiger partial charge in [-0.05, 0) is 36.5 Å². The van der Waals surface area contributed by atoms with Crippen LogP contribution in [0.2, 0.25) is 5.02 Å². The molecule has 1 saturated heterocycles. The molecule has 3 aliphatic rings. The van der Waals surface area contributed by atoms with Crippen molar-refractivity contribution >= 4 is 35.0 Å². The van der Waals surface area contributed by atoms with E-state index in [2.05, 4.69) is 5.32 Å². The molecule has 2 aliphatic carbocycles. The van der Waals surface area contributed by atoms with E-state index in [4.69, 9.17) is 11.6 Å². The molecule has 4 atom stereocenters. The maximum atomic E-state index is 13.0. The molecule has 1 saturated carbocycles. The van der Waals surface area contributed by atoms with E-state index < -0.39 is 11.7 Å². The molecule has 7 heteroatoms. The Balaban J connectivity index is 1.47. The fourth-order valence-electron chi connectivity index (χ4n) is 4.04. The molecule has 1 heterocycles. The van der Waals surface area contributed by atoms with Crippen molar-refractivity contribution in [2.75, 3.05) is 11.9 Å². The zero-order valence-corrected chi connectivity index (χ0v) is 13.3. The van der Waals surface area contributed by atoms with Gasteiger partial charge in [0.25, 0.3) is 0 Å². The number of benzene rings is 1. The summed E-state index contributed by atoms with van der Waals surface area (Å²) < 4.78 is 13.0. The van der Waals surface area contributed by atoms with Gasteiger partial charge in [0, 0.05) is 0 Å². The standard InChI is InChI=1S/C17H14ClFN2O3/c18-11-6-10(19)3-4-12(11)20-13(22)7-21-16(23)14-8-1-2-9(5-8)15(14)17(21)24/h1-4,6,8-9,14-15H,5,7H2,(H,20,22)/t8-,9-,14-,15-/m0/s1. The Morgan fingerprint density at radius 2 is 1.83 bits per heavy atom. The highest BCUT2D eigenvalue weighted by molar-refractivity contribution is 6.33. The first-order chi connectivity index (χ1) is 11.5. The van der Waals surface area contributed by atoms with Gasteiger partial charge in [-0.15, -0.1) is 0 Å². The van der Waals surface area contributed by atoms with Gasteiger partial charge in [-0.3, -0.25) is 19.3 Å². The molecule has 1 aromatic rings. The number of anilines is 1. The summed E-state index contributed by atoms with van der Waals surface area (Å²) in [6, 6.07) is 3.58. The Morgan fingerprint density at radius 1 is 1.21 bits per heavy atom. The second kappa shape index (κ2) is 5.41. The molecule has 2 fully saturated rings. The lowest BCUT2D eigenvalue weighted by Gasteiger charge is -2.17. The lowest BCUT2D eigenvalue weighted by Crippen LogP contribution is -2.39. The van der Waals surface area contributed by atoms with Crippen molar-refractivity contribution in [3.05, 3.63) is 41.2 Å². The smallest absolute Gasteiger partial charge is 0.244 e. The van der Waals surface area contributed by atoms with E-state index in [1.54, 1.807) is 0 Å². The number of hydrogen-bond donors (Lipinski definition) is 1. The SMILES string of the molecule is O=C(CN1C(=O)[C@@H]2[C@@H](C1=O)[C@H]1C=C[C@H]2C1)Nc1ccc(F)cc1Cl. The summed E-state index contributed by atoms with van der Waals surface area (Å²) in [5, 5.41) is 2.57. The highest BCUT2D eigenvalue weighted by Crippen LogP contribution is 2.52. The number of likely N-dealkylation sites (tertiary alicyclic amines) is 1. The van der Waals surface area contributed by atoms with Crippen LogP contribution in [0, 0.1) is 29.5 Å². The van der Waals surface area contributed by atoms with Crippen LogP contribution in [-0.2, 0) is 14.4 Å². The van der Waals surface area contributed by atoms with Crippen LogP contribution < -0.4 is 5.32 Å². The van der Waals surface area contributed by atoms with E-state index in [9.17, 15) is 18.8 Å². The fraction of sp³-hybridized carbons (Fsp3) is 0.353. The molecule has 24 heavy (non-hydrogen) atoms. The van der Waals surface area contributed by atoms with Crippen molar-refractivity contribution in [3.63, 3.8) is 0 Å². The number of nitrogens with zero attached hydrogens (tertiary/aromatic N) is 1. The Labute approximate surface area is 142 Å². The molecule has 0 unspecified atom stereocenters. The first-order valence-electron chi connectivity index (χ1n) is 7.74. The van der Waals surface area contributed by atoms with Gasteiger partial charge in [0.15, 0.2) is 0 Å².